The van der Waals surface area contributed by atoms with Crippen LogP contribution in [0.4, 0.5) is 17.1 Å². The summed E-state index contributed by atoms with van der Waals surface area (Å²) in [6.07, 6.45) is 0. The standard InChI is InChI=1S/C29H27N3O6S2/c1-19-8-14-26-24(16-19)23-6-4-5-7-28(23)40(36,37)32(26)18-29(33)30-21-10-12-22(13-11-21)39(34,35)31-25-17-20(2)9-15-27(25)38-3/h4-17,31H,18H2,1-3H3,(H,30,33). The maximum absolute atomic E-state index is 13.5. The second kappa shape index (κ2) is 10.3. The van der Waals surface area contributed by atoms with Crippen LogP contribution in [0.5, 0.6) is 5.75 Å². The van der Waals surface area contributed by atoms with E-state index in [0.717, 1.165) is 21.0 Å². The molecule has 2 N–H and O–H groups in total. The van der Waals surface area contributed by atoms with Crippen molar-refractivity contribution in [1.82, 2.24) is 0 Å². The van der Waals surface area contributed by atoms with Gasteiger partial charge in [-0.25, -0.2) is 16.8 Å². The van der Waals surface area contributed by atoms with Gasteiger partial charge in [-0.2, -0.15) is 0 Å². The Morgan fingerprint density at radius 3 is 2.27 bits per heavy atom. The molecule has 206 valence electrons. The third kappa shape index (κ3) is 5.13. The van der Waals surface area contributed by atoms with Gasteiger partial charge in [0.15, 0.2) is 0 Å². The summed E-state index contributed by atoms with van der Waals surface area (Å²) in [6, 6.07) is 22.8. The van der Waals surface area contributed by atoms with Gasteiger partial charge in [-0.1, -0.05) is 35.9 Å². The Kier molecular flexibility index (Phi) is 7.03. The van der Waals surface area contributed by atoms with Gasteiger partial charge >= 0.3 is 0 Å². The summed E-state index contributed by atoms with van der Waals surface area (Å²) in [5.74, 6) is -0.196. The van der Waals surface area contributed by atoms with E-state index in [0.29, 0.717) is 28.4 Å². The topological polar surface area (TPSA) is 122 Å². The summed E-state index contributed by atoms with van der Waals surface area (Å²) in [5, 5.41) is 2.67. The van der Waals surface area contributed by atoms with Crippen molar-refractivity contribution in [1.29, 1.82) is 0 Å². The van der Waals surface area contributed by atoms with Gasteiger partial charge in [0.05, 0.1) is 28.3 Å². The first-order valence-electron chi connectivity index (χ1n) is 12.3. The molecule has 0 unspecified atom stereocenters. The maximum atomic E-state index is 13.5. The number of hydrogen-bond acceptors (Lipinski definition) is 6. The summed E-state index contributed by atoms with van der Waals surface area (Å²) < 4.78 is 61.7. The van der Waals surface area contributed by atoms with Gasteiger partial charge in [-0.3, -0.25) is 13.8 Å². The predicted octanol–water partition coefficient (Wildman–Crippen LogP) is 4.93. The van der Waals surface area contributed by atoms with Gasteiger partial charge in [0.1, 0.15) is 12.3 Å². The second-order valence-corrected chi connectivity index (χ2v) is 12.9. The van der Waals surface area contributed by atoms with E-state index < -0.39 is 32.5 Å². The molecule has 4 aromatic carbocycles. The Balaban J connectivity index is 1.35. The largest absolute Gasteiger partial charge is 0.495 e. The molecule has 5 rings (SSSR count). The van der Waals surface area contributed by atoms with E-state index in [9.17, 15) is 21.6 Å². The van der Waals surface area contributed by atoms with Crippen LogP contribution >= 0.6 is 0 Å². The molecule has 11 heteroatoms. The highest BCUT2D eigenvalue weighted by Gasteiger charge is 2.35. The van der Waals surface area contributed by atoms with Crippen molar-refractivity contribution in [3.63, 3.8) is 0 Å². The van der Waals surface area contributed by atoms with Crippen LogP contribution in [0.15, 0.2) is 94.7 Å². The zero-order valence-corrected chi connectivity index (χ0v) is 23.6. The Bertz CT molecular complexity index is 1840. The molecule has 0 atom stereocenters. The fraction of sp³-hybridized carbons (Fsp3) is 0.138. The van der Waals surface area contributed by atoms with Crippen molar-refractivity contribution < 1.29 is 26.4 Å². The van der Waals surface area contributed by atoms with Crippen molar-refractivity contribution in [3.8, 4) is 16.9 Å². The number of rotatable bonds is 7. The molecular formula is C29H27N3O6S2. The molecule has 0 saturated carbocycles. The van der Waals surface area contributed by atoms with Crippen LogP contribution in [0.1, 0.15) is 11.1 Å². The molecular weight excluding hydrogens is 550 g/mol. The number of carbonyl (C=O) groups excluding carboxylic acids is 1. The molecule has 1 amide bonds. The van der Waals surface area contributed by atoms with Gasteiger partial charge in [0.25, 0.3) is 20.0 Å². The quantitative estimate of drug-likeness (QED) is 0.321. The first-order chi connectivity index (χ1) is 19.0. The minimum absolute atomic E-state index is 0.0198. The van der Waals surface area contributed by atoms with Crippen molar-refractivity contribution in [3.05, 3.63) is 96.1 Å². The molecule has 1 aliphatic rings. The van der Waals surface area contributed by atoms with E-state index in [2.05, 4.69) is 10.0 Å². The summed E-state index contributed by atoms with van der Waals surface area (Å²) in [7, 11) is -6.48. The van der Waals surface area contributed by atoms with E-state index in [1.807, 2.05) is 26.0 Å². The monoisotopic (exact) mass is 577 g/mol. The van der Waals surface area contributed by atoms with Crippen molar-refractivity contribution in [2.75, 3.05) is 28.0 Å². The Hall–Kier alpha value is -4.35. The van der Waals surface area contributed by atoms with Gasteiger partial charge in [0, 0.05) is 16.8 Å². The second-order valence-electron chi connectivity index (χ2n) is 9.41. The van der Waals surface area contributed by atoms with Crippen LogP contribution in [0.3, 0.4) is 0 Å². The SMILES string of the molecule is COc1ccc(C)cc1NS(=O)(=O)c1ccc(NC(=O)CN2c3ccc(C)cc3-c3ccccc3S2(=O)=O)cc1. The first-order valence-corrected chi connectivity index (χ1v) is 15.2. The average molecular weight is 578 g/mol. The fourth-order valence-electron chi connectivity index (χ4n) is 4.57. The Labute approximate surface area is 233 Å². The van der Waals surface area contributed by atoms with Crippen molar-refractivity contribution in [2.24, 2.45) is 0 Å². The number of sulfonamides is 2. The van der Waals surface area contributed by atoms with E-state index in [-0.39, 0.29) is 9.79 Å². The minimum Gasteiger partial charge on any atom is -0.495 e. The van der Waals surface area contributed by atoms with E-state index in [4.69, 9.17) is 4.74 Å². The number of benzene rings is 4. The normalized spacial score (nSPS) is 13.6. The smallest absolute Gasteiger partial charge is 0.265 e. The molecule has 0 aliphatic carbocycles. The third-order valence-corrected chi connectivity index (χ3v) is 9.70. The lowest BCUT2D eigenvalue weighted by molar-refractivity contribution is -0.114. The number of aryl methyl sites for hydroxylation is 2. The number of nitrogens with one attached hydrogen (secondary N) is 2. The predicted molar refractivity (Wildman–Crippen MR) is 155 cm³/mol. The van der Waals surface area contributed by atoms with Gasteiger partial charge < -0.3 is 10.1 Å². The molecule has 4 aromatic rings. The lowest BCUT2D eigenvalue weighted by Gasteiger charge is -2.31. The molecule has 0 bridgehead atoms. The van der Waals surface area contributed by atoms with Crippen LogP contribution < -0.4 is 19.1 Å². The molecule has 1 aliphatic heterocycles. The number of amides is 1. The zero-order chi connectivity index (χ0) is 28.7. The molecule has 0 saturated heterocycles. The minimum atomic E-state index is -3.99. The highest BCUT2D eigenvalue weighted by atomic mass is 32.2. The fourth-order valence-corrected chi connectivity index (χ4v) is 7.28. The first kappa shape index (κ1) is 27.2. The zero-order valence-electron chi connectivity index (χ0n) is 22.0. The third-order valence-electron chi connectivity index (χ3n) is 6.50. The number of carbonyl (C=O) groups is 1. The van der Waals surface area contributed by atoms with Crippen LogP contribution in [-0.2, 0) is 24.8 Å². The lowest BCUT2D eigenvalue weighted by atomic mass is 10.0. The number of nitrogens with zero attached hydrogens (tertiary/aromatic N) is 1. The van der Waals surface area contributed by atoms with Gasteiger partial charge in [-0.05, 0) is 74.0 Å². The molecule has 0 aromatic heterocycles. The molecule has 9 nitrogen and oxygen atoms in total. The van der Waals surface area contributed by atoms with E-state index in [1.54, 1.807) is 42.5 Å². The summed E-state index contributed by atoms with van der Waals surface area (Å²) in [6.45, 7) is 3.30. The van der Waals surface area contributed by atoms with Crippen molar-refractivity contribution >= 4 is 43.0 Å². The summed E-state index contributed by atoms with van der Waals surface area (Å²) in [4.78, 5) is 13.1. The summed E-state index contributed by atoms with van der Waals surface area (Å²) in [5.41, 5.74) is 4.17. The Morgan fingerprint density at radius 1 is 0.875 bits per heavy atom. The van der Waals surface area contributed by atoms with E-state index >= 15 is 0 Å². The molecule has 40 heavy (non-hydrogen) atoms. The number of hydrogen-bond donors (Lipinski definition) is 2. The average Bonchev–Trinajstić information content (AvgIpc) is 2.91. The number of ether oxygens (including phenoxy) is 1. The molecule has 0 fully saturated rings. The number of anilines is 3. The van der Waals surface area contributed by atoms with Crippen molar-refractivity contribution in [2.45, 2.75) is 23.6 Å². The summed E-state index contributed by atoms with van der Waals surface area (Å²) >= 11 is 0. The van der Waals surface area contributed by atoms with E-state index in [1.165, 1.54) is 37.4 Å². The molecule has 0 spiro atoms. The van der Waals surface area contributed by atoms with Gasteiger partial charge in [-0.15, -0.1) is 0 Å². The lowest BCUT2D eigenvalue weighted by Crippen LogP contribution is -2.40. The number of fused-ring (bicyclic) bond motifs is 3. The highest BCUT2D eigenvalue weighted by molar-refractivity contribution is 7.93. The Morgan fingerprint density at radius 2 is 1.55 bits per heavy atom. The van der Waals surface area contributed by atoms with Crippen LogP contribution in [0, 0.1) is 13.8 Å². The van der Waals surface area contributed by atoms with Gasteiger partial charge in [0.2, 0.25) is 5.91 Å². The number of methoxy groups -OCH3 is 1. The van der Waals surface area contributed by atoms with Crippen LogP contribution in [0.25, 0.3) is 11.1 Å². The highest BCUT2D eigenvalue weighted by Crippen LogP contribution is 2.43. The molecule has 1 heterocycles. The van der Waals surface area contributed by atoms with Crippen LogP contribution in [0.2, 0.25) is 0 Å². The maximum Gasteiger partial charge on any atom is 0.265 e. The van der Waals surface area contributed by atoms with Crippen LogP contribution in [-0.4, -0.2) is 36.4 Å². The molecule has 0 radical (unpaired) electrons.